The molecule has 1 rings (SSSR count). The highest BCUT2D eigenvalue weighted by atomic mass is 16.7. The highest BCUT2D eigenvalue weighted by molar-refractivity contribution is 5.60. The zero-order chi connectivity index (χ0) is 10.2. The number of hydrogen-bond acceptors (Lipinski definition) is 4. The second-order valence-corrected chi connectivity index (χ2v) is 3.51. The first-order chi connectivity index (χ1) is 6.83. The van der Waals surface area contributed by atoms with Crippen molar-refractivity contribution in [1.29, 1.82) is 0 Å². The van der Waals surface area contributed by atoms with E-state index in [4.69, 9.17) is 9.47 Å². The summed E-state index contributed by atoms with van der Waals surface area (Å²) in [4.78, 5) is 11.1. The lowest BCUT2D eigenvalue weighted by Gasteiger charge is -2.22. The number of carbonyl (C=O) groups is 1. The van der Waals surface area contributed by atoms with Crippen molar-refractivity contribution in [2.24, 2.45) is 0 Å². The van der Waals surface area contributed by atoms with E-state index in [9.17, 15) is 4.79 Å². The van der Waals surface area contributed by atoms with Gasteiger partial charge in [0.1, 0.15) is 0 Å². The largest absolute Gasteiger partial charge is 0.509 e. The van der Waals surface area contributed by atoms with E-state index in [1.165, 1.54) is 0 Å². The molecule has 0 spiro atoms. The van der Waals surface area contributed by atoms with Crippen molar-refractivity contribution in [3.05, 3.63) is 0 Å². The van der Waals surface area contributed by atoms with Crippen LogP contribution >= 0.6 is 0 Å². The third-order valence-electron chi connectivity index (χ3n) is 2.22. The molecule has 82 valence electrons. The van der Waals surface area contributed by atoms with Gasteiger partial charge in [0.2, 0.25) is 0 Å². The van der Waals surface area contributed by atoms with E-state index >= 15 is 0 Å². The van der Waals surface area contributed by atoms with Gasteiger partial charge in [-0.15, -0.1) is 0 Å². The van der Waals surface area contributed by atoms with Crippen LogP contribution < -0.4 is 5.32 Å². The zero-order valence-electron chi connectivity index (χ0n) is 8.75. The quantitative estimate of drug-likeness (QED) is 0.558. The highest BCUT2D eigenvalue weighted by Gasteiger charge is 2.17. The molecule has 4 nitrogen and oxygen atoms in total. The van der Waals surface area contributed by atoms with Crippen molar-refractivity contribution in [2.75, 3.05) is 13.2 Å². The third-order valence-corrected chi connectivity index (χ3v) is 2.22. The Morgan fingerprint density at radius 3 is 3.00 bits per heavy atom. The molecule has 0 saturated carbocycles. The Hall–Kier alpha value is -0.770. The van der Waals surface area contributed by atoms with Gasteiger partial charge in [-0.2, -0.15) is 0 Å². The molecule has 1 saturated heterocycles. The second-order valence-electron chi connectivity index (χ2n) is 3.51. The van der Waals surface area contributed by atoms with E-state index in [0.717, 1.165) is 38.6 Å². The van der Waals surface area contributed by atoms with Crippen molar-refractivity contribution in [3.63, 3.8) is 0 Å². The van der Waals surface area contributed by atoms with E-state index < -0.39 is 6.16 Å². The summed E-state index contributed by atoms with van der Waals surface area (Å²) in [6.45, 7) is 3.44. The summed E-state index contributed by atoms with van der Waals surface area (Å²) in [7, 11) is 0. The second kappa shape index (κ2) is 6.65. The summed E-state index contributed by atoms with van der Waals surface area (Å²) >= 11 is 0. The van der Waals surface area contributed by atoms with Crippen molar-refractivity contribution in [1.82, 2.24) is 5.32 Å². The monoisotopic (exact) mass is 201 g/mol. The Bertz CT molecular complexity index is 167. The van der Waals surface area contributed by atoms with Gasteiger partial charge < -0.3 is 9.47 Å². The fourth-order valence-electron chi connectivity index (χ4n) is 1.37. The maximum Gasteiger partial charge on any atom is 0.509 e. The molecule has 14 heavy (non-hydrogen) atoms. The summed E-state index contributed by atoms with van der Waals surface area (Å²) < 4.78 is 9.95. The summed E-state index contributed by atoms with van der Waals surface area (Å²) in [5.74, 6) is 0. The van der Waals surface area contributed by atoms with Gasteiger partial charge in [-0.3, -0.25) is 5.32 Å². The van der Waals surface area contributed by atoms with Crippen LogP contribution in [0.1, 0.15) is 39.0 Å². The van der Waals surface area contributed by atoms with E-state index in [1.807, 2.05) is 0 Å². The molecule has 1 atom stereocenters. The molecule has 0 bridgehead atoms. The van der Waals surface area contributed by atoms with Gasteiger partial charge in [-0.05, 0) is 32.2 Å². The lowest BCUT2D eigenvalue weighted by atomic mass is 10.1. The molecule has 1 aliphatic heterocycles. The topological polar surface area (TPSA) is 47.6 Å². The molecule has 4 heteroatoms. The van der Waals surface area contributed by atoms with Crippen molar-refractivity contribution < 1.29 is 14.3 Å². The number of carbonyl (C=O) groups excluding carboxylic acids is 1. The van der Waals surface area contributed by atoms with E-state index in [2.05, 4.69) is 12.2 Å². The van der Waals surface area contributed by atoms with Gasteiger partial charge in [0, 0.05) is 0 Å². The van der Waals surface area contributed by atoms with Crippen molar-refractivity contribution in [2.45, 2.75) is 45.3 Å². The van der Waals surface area contributed by atoms with Gasteiger partial charge >= 0.3 is 6.16 Å². The molecule has 0 aromatic heterocycles. The number of unbranched alkanes of at least 4 members (excludes halogenated alkanes) is 1. The average molecular weight is 201 g/mol. The molecule has 0 aliphatic carbocycles. The van der Waals surface area contributed by atoms with Crippen LogP contribution in [0.25, 0.3) is 0 Å². The first kappa shape index (κ1) is 11.3. The number of nitrogens with one attached hydrogen (secondary N) is 1. The van der Waals surface area contributed by atoms with Crippen LogP contribution in [0, 0.1) is 0 Å². The van der Waals surface area contributed by atoms with Gasteiger partial charge in [-0.25, -0.2) is 4.79 Å². The van der Waals surface area contributed by atoms with Crippen LogP contribution in [0.15, 0.2) is 0 Å². The fourth-order valence-corrected chi connectivity index (χ4v) is 1.37. The predicted octanol–water partition coefficient (Wildman–Crippen LogP) is 2.04. The van der Waals surface area contributed by atoms with Gasteiger partial charge in [0.05, 0.1) is 6.61 Å². The Morgan fingerprint density at radius 1 is 1.50 bits per heavy atom. The molecule has 1 aliphatic rings. The van der Waals surface area contributed by atoms with Gasteiger partial charge in [-0.1, -0.05) is 13.3 Å². The molecular weight excluding hydrogens is 182 g/mol. The Morgan fingerprint density at radius 2 is 2.36 bits per heavy atom. The van der Waals surface area contributed by atoms with Gasteiger partial charge in [0.15, 0.2) is 6.23 Å². The van der Waals surface area contributed by atoms with Crippen LogP contribution in [0.4, 0.5) is 4.79 Å². The normalized spacial score (nSPS) is 21.6. The van der Waals surface area contributed by atoms with Crippen molar-refractivity contribution >= 4 is 6.16 Å². The number of hydrogen-bond donors (Lipinski definition) is 1. The highest BCUT2D eigenvalue weighted by Crippen LogP contribution is 2.08. The first-order valence-electron chi connectivity index (χ1n) is 5.39. The maximum atomic E-state index is 11.1. The molecule has 1 heterocycles. The maximum absolute atomic E-state index is 11.1. The first-order valence-corrected chi connectivity index (χ1v) is 5.39. The standard InChI is InChI=1S/C10H19NO3/c1-2-3-8-13-10(12)14-9-6-4-5-7-11-9/h9,11H,2-8H2,1H3. The lowest BCUT2D eigenvalue weighted by Crippen LogP contribution is -2.37. The van der Waals surface area contributed by atoms with Crippen LogP contribution in [0.2, 0.25) is 0 Å². The lowest BCUT2D eigenvalue weighted by molar-refractivity contribution is 0.00185. The molecule has 1 unspecified atom stereocenters. The van der Waals surface area contributed by atoms with Crippen LogP contribution in [-0.2, 0) is 9.47 Å². The zero-order valence-corrected chi connectivity index (χ0v) is 8.75. The Balaban J connectivity index is 2.06. The minimum absolute atomic E-state index is 0.141. The van der Waals surface area contributed by atoms with Crippen molar-refractivity contribution in [3.8, 4) is 0 Å². The smallest absolute Gasteiger partial charge is 0.434 e. The Kier molecular flexibility index (Phi) is 5.37. The van der Waals surface area contributed by atoms with Crippen LogP contribution in [0.3, 0.4) is 0 Å². The molecule has 0 amide bonds. The van der Waals surface area contributed by atoms with Crippen LogP contribution in [0.5, 0.6) is 0 Å². The molecular formula is C10H19NO3. The van der Waals surface area contributed by atoms with Gasteiger partial charge in [0.25, 0.3) is 0 Å². The van der Waals surface area contributed by atoms with E-state index in [1.54, 1.807) is 0 Å². The number of piperidine rings is 1. The average Bonchev–Trinajstić information content (AvgIpc) is 2.20. The molecule has 0 radical (unpaired) electrons. The molecule has 1 N–H and O–H groups in total. The minimum atomic E-state index is -0.544. The molecule has 1 fully saturated rings. The molecule has 0 aromatic rings. The summed E-state index contributed by atoms with van der Waals surface area (Å²) in [5.41, 5.74) is 0. The third kappa shape index (κ3) is 4.46. The van der Waals surface area contributed by atoms with E-state index in [0.29, 0.717) is 6.61 Å². The predicted molar refractivity (Wildman–Crippen MR) is 53.0 cm³/mol. The number of rotatable bonds is 4. The summed E-state index contributed by atoms with van der Waals surface area (Å²) in [5, 5.41) is 3.12. The molecule has 0 aromatic carbocycles. The summed E-state index contributed by atoms with van der Waals surface area (Å²) in [6.07, 6.45) is 4.39. The SMILES string of the molecule is CCCCOC(=O)OC1CCCCN1. The number of ether oxygens (including phenoxy) is 2. The fraction of sp³-hybridized carbons (Fsp3) is 0.900. The summed E-state index contributed by atoms with van der Waals surface area (Å²) in [6, 6.07) is 0. The minimum Gasteiger partial charge on any atom is -0.434 e. The van der Waals surface area contributed by atoms with E-state index in [-0.39, 0.29) is 6.23 Å². The Labute approximate surface area is 85.0 Å². The van der Waals surface area contributed by atoms with Crippen LogP contribution in [-0.4, -0.2) is 25.5 Å².